The fourth-order valence-corrected chi connectivity index (χ4v) is 2.41. The molecule has 0 aliphatic carbocycles. The Morgan fingerprint density at radius 2 is 1.95 bits per heavy atom. The summed E-state index contributed by atoms with van der Waals surface area (Å²) in [5.41, 5.74) is 0.271. The number of nitrogens with zero attached hydrogens (tertiary/aromatic N) is 6. The molecule has 1 aliphatic heterocycles. The van der Waals surface area contributed by atoms with Crippen LogP contribution in [0, 0.1) is 5.82 Å². The molecule has 0 amide bonds. The lowest BCUT2D eigenvalue weighted by Gasteiger charge is -2.29. The van der Waals surface area contributed by atoms with Crippen molar-refractivity contribution in [2.75, 3.05) is 11.4 Å². The van der Waals surface area contributed by atoms with Crippen molar-refractivity contribution in [3.05, 3.63) is 29.5 Å². The molecular weight excluding hydrogens is 304 g/mol. The molecule has 2 aromatic rings. The zero-order valence-electron chi connectivity index (χ0n) is 11.6. The first-order valence-electron chi connectivity index (χ1n) is 6.65. The molecule has 22 heavy (non-hydrogen) atoms. The van der Waals surface area contributed by atoms with Crippen molar-refractivity contribution in [2.24, 2.45) is 0 Å². The van der Waals surface area contributed by atoms with E-state index in [0.29, 0.717) is 6.42 Å². The molecule has 0 spiro atoms. The van der Waals surface area contributed by atoms with Crippen molar-refractivity contribution in [1.29, 1.82) is 0 Å². The minimum absolute atomic E-state index is 0.0141. The van der Waals surface area contributed by atoms with Crippen LogP contribution < -0.4 is 4.90 Å². The number of alkyl halides is 3. The van der Waals surface area contributed by atoms with Gasteiger partial charge in [0.25, 0.3) is 0 Å². The minimum atomic E-state index is -4.55. The summed E-state index contributed by atoms with van der Waals surface area (Å²) in [6.45, 7) is 1.98. The largest absolute Gasteiger partial charge is 0.451 e. The highest BCUT2D eigenvalue weighted by atomic mass is 19.4. The van der Waals surface area contributed by atoms with Gasteiger partial charge in [-0.05, 0) is 6.42 Å². The van der Waals surface area contributed by atoms with E-state index in [0.717, 1.165) is 4.57 Å². The fraction of sp³-hybridized carbons (Fsp3) is 0.500. The number of halogens is 4. The number of fused-ring (bicyclic) bond motifs is 1. The monoisotopic (exact) mass is 316 g/mol. The molecule has 0 radical (unpaired) electrons. The maximum absolute atomic E-state index is 14.2. The van der Waals surface area contributed by atoms with Gasteiger partial charge in [0.1, 0.15) is 6.33 Å². The van der Waals surface area contributed by atoms with Gasteiger partial charge >= 0.3 is 6.18 Å². The number of hydrogen-bond acceptors (Lipinski definition) is 5. The Balaban J connectivity index is 1.91. The second-order valence-electron chi connectivity index (χ2n) is 4.82. The summed E-state index contributed by atoms with van der Waals surface area (Å²) >= 11 is 0. The van der Waals surface area contributed by atoms with Gasteiger partial charge < -0.3 is 9.47 Å². The van der Waals surface area contributed by atoms with Gasteiger partial charge in [0.15, 0.2) is 17.5 Å². The zero-order chi connectivity index (χ0) is 15.9. The molecule has 0 saturated carbocycles. The predicted molar refractivity (Wildman–Crippen MR) is 67.4 cm³/mol. The number of rotatable bonds is 2. The van der Waals surface area contributed by atoms with E-state index in [9.17, 15) is 17.6 Å². The lowest BCUT2D eigenvalue weighted by molar-refractivity contribution is -0.147. The van der Waals surface area contributed by atoms with E-state index in [-0.39, 0.29) is 37.0 Å². The summed E-state index contributed by atoms with van der Waals surface area (Å²) in [7, 11) is 0. The molecule has 2 aromatic heterocycles. The van der Waals surface area contributed by atoms with Crippen LogP contribution in [0.5, 0.6) is 0 Å². The molecule has 0 fully saturated rings. The molecule has 1 aliphatic rings. The maximum atomic E-state index is 14.2. The van der Waals surface area contributed by atoms with Gasteiger partial charge in [-0.1, -0.05) is 6.92 Å². The van der Waals surface area contributed by atoms with E-state index in [1.807, 2.05) is 0 Å². The van der Waals surface area contributed by atoms with Crippen LogP contribution in [0.4, 0.5) is 23.4 Å². The lowest BCUT2D eigenvalue weighted by atomic mass is 10.2. The Kier molecular flexibility index (Phi) is 3.45. The number of aryl methyl sites for hydroxylation is 1. The summed E-state index contributed by atoms with van der Waals surface area (Å²) in [6, 6.07) is 0. The zero-order valence-corrected chi connectivity index (χ0v) is 11.6. The second-order valence-corrected chi connectivity index (χ2v) is 4.82. The van der Waals surface area contributed by atoms with E-state index < -0.39 is 17.8 Å². The van der Waals surface area contributed by atoms with Gasteiger partial charge in [0, 0.05) is 13.1 Å². The summed E-state index contributed by atoms with van der Waals surface area (Å²) in [5, 5.41) is 6.74. The highest BCUT2D eigenvalue weighted by Crippen LogP contribution is 2.30. The Morgan fingerprint density at radius 1 is 1.18 bits per heavy atom. The molecule has 0 atom stereocenters. The quantitative estimate of drug-likeness (QED) is 0.791. The molecule has 118 valence electrons. The van der Waals surface area contributed by atoms with Crippen molar-refractivity contribution in [3.8, 4) is 0 Å². The van der Waals surface area contributed by atoms with Gasteiger partial charge in [-0.3, -0.25) is 0 Å². The van der Waals surface area contributed by atoms with E-state index in [4.69, 9.17) is 0 Å². The van der Waals surface area contributed by atoms with Gasteiger partial charge in [0.05, 0.1) is 12.2 Å². The van der Waals surface area contributed by atoms with Crippen LogP contribution in [-0.2, 0) is 25.7 Å². The van der Waals surface area contributed by atoms with Crippen LogP contribution in [0.25, 0.3) is 0 Å². The van der Waals surface area contributed by atoms with Crippen molar-refractivity contribution in [2.45, 2.75) is 32.6 Å². The van der Waals surface area contributed by atoms with E-state index in [2.05, 4.69) is 20.2 Å². The maximum Gasteiger partial charge on any atom is 0.451 e. The Bertz CT molecular complexity index is 695. The highest BCUT2D eigenvalue weighted by molar-refractivity contribution is 5.41. The number of anilines is 1. The van der Waals surface area contributed by atoms with Crippen LogP contribution in [0.1, 0.15) is 24.3 Å². The average Bonchev–Trinajstić information content (AvgIpc) is 2.90. The molecule has 0 bridgehead atoms. The van der Waals surface area contributed by atoms with Crippen LogP contribution in [0.3, 0.4) is 0 Å². The molecule has 10 heteroatoms. The Labute approximate surface area is 122 Å². The van der Waals surface area contributed by atoms with E-state index in [1.54, 1.807) is 11.8 Å². The SMILES string of the molecule is CCc1ncnc(N2CCn3c(nnc3C(F)(F)F)C2)c1F. The lowest BCUT2D eigenvalue weighted by Crippen LogP contribution is -2.36. The van der Waals surface area contributed by atoms with Crippen LogP contribution in [0.15, 0.2) is 6.33 Å². The first kappa shape index (κ1) is 14.7. The van der Waals surface area contributed by atoms with Crippen molar-refractivity contribution in [1.82, 2.24) is 24.7 Å². The molecule has 6 nitrogen and oxygen atoms in total. The third-order valence-electron chi connectivity index (χ3n) is 3.48. The average molecular weight is 316 g/mol. The van der Waals surface area contributed by atoms with Crippen LogP contribution in [0.2, 0.25) is 0 Å². The molecule has 0 aromatic carbocycles. The standard InChI is InChI=1S/C12H12F4N6/c1-2-7-9(13)10(18-6-17-7)21-3-4-22-8(5-21)19-20-11(22)12(14,15)16/h6H,2-5H2,1H3. The highest BCUT2D eigenvalue weighted by Gasteiger charge is 2.39. The van der Waals surface area contributed by atoms with Gasteiger partial charge in [-0.25, -0.2) is 14.4 Å². The topological polar surface area (TPSA) is 59.7 Å². The van der Waals surface area contributed by atoms with Crippen LogP contribution in [-0.4, -0.2) is 31.3 Å². The van der Waals surface area contributed by atoms with Gasteiger partial charge in [-0.2, -0.15) is 13.2 Å². The molecule has 0 N–H and O–H groups in total. The minimum Gasteiger partial charge on any atom is -0.345 e. The predicted octanol–water partition coefficient (Wildman–Crippen LogP) is 1.81. The van der Waals surface area contributed by atoms with Crippen molar-refractivity contribution in [3.63, 3.8) is 0 Å². The first-order valence-corrected chi connectivity index (χ1v) is 6.65. The van der Waals surface area contributed by atoms with E-state index in [1.165, 1.54) is 6.33 Å². The summed E-state index contributed by atoms with van der Waals surface area (Å²) in [4.78, 5) is 9.28. The summed E-state index contributed by atoms with van der Waals surface area (Å²) in [6.07, 6.45) is -2.90. The molecule has 3 heterocycles. The van der Waals surface area contributed by atoms with Crippen molar-refractivity contribution < 1.29 is 17.6 Å². The number of hydrogen-bond donors (Lipinski definition) is 0. The third kappa shape index (κ3) is 2.38. The molecule has 3 rings (SSSR count). The summed E-state index contributed by atoms with van der Waals surface area (Å²) < 4.78 is 53.6. The second kappa shape index (κ2) is 5.18. The first-order chi connectivity index (χ1) is 10.4. The molecular formula is C12H12F4N6. The van der Waals surface area contributed by atoms with Gasteiger partial charge in [-0.15, -0.1) is 10.2 Å². The van der Waals surface area contributed by atoms with Gasteiger partial charge in [0.2, 0.25) is 5.82 Å². The van der Waals surface area contributed by atoms with Crippen molar-refractivity contribution >= 4 is 5.82 Å². The number of aromatic nitrogens is 5. The van der Waals surface area contributed by atoms with Crippen LogP contribution >= 0.6 is 0 Å². The third-order valence-corrected chi connectivity index (χ3v) is 3.48. The fourth-order valence-electron chi connectivity index (χ4n) is 2.41. The smallest absolute Gasteiger partial charge is 0.345 e. The molecule has 0 saturated heterocycles. The Hall–Kier alpha value is -2.26. The molecule has 0 unspecified atom stereocenters. The summed E-state index contributed by atoms with van der Waals surface area (Å²) in [5.74, 6) is -1.36. The van der Waals surface area contributed by atoms with E-state index >= 15 is 0 Å². The normalized spacial score (nSPS) is 15.0. The Morgan fingerprint density at radius 3 is 2.64 bits per heavy atom.